The van der Waals surface area contributed by atoms with Gasteiger partial charge < -0.3 is 9.84 Å². The first kappa shape index (κ1) is 19.8. The average Bonchev–Trinajstić information content (AvgIpc) is 3.38. The molecule has 2 aromatic carbocycles. The van der Waals surface area contributed by atoms with Crippen molar-refractivity contribution in [3.63, 3.8) is 0 Å². The van der Waals surface area contributed by atoms with E-state index in [0.29, 0.717) is 0 Å². The molecule has 4 aromatic rings. The molecule has 0 aliphatic rings. The molecular weight excluding hydrogens is 409 g/mol. The molecule has 4 rings (SSSR count). The van der Waals surface area contributed by atoms with Crippen molar-refractivity contribution < 1.29 is 13.7 Å². The molecule has 30 heavy (non-hydrogen) atoms. The fourth-order valence-electron chi connectivity index (χ4n) is 3.14. The number of aryl methyl sites for hydroxylation is 1. The highest BCUT2D eigenvalue weighted by Crippen LogP contribution is 2.33. The number of hydrogen-bond donors (Lipinski definition) is 1. The lowest BCUT2D eigenvalue weighted by Gasteiger charge is -2.15. The van der Waals surface area contributed by atoms with Gasteiger partial charge in [0, 0.05) is 0 Å². The van der Waals surface area contributed by atoms with Crippen LogP contribution in [0.3, 0.4) is 0 Å². The zero-order valence-corrected chi connectivity index (χ0v) is 16.9. The zero-order valence-electron chi connectivity index (χ0n) is 16.1. The Morgan fingerprint density at radius 3 is 2.67 bits per heavy atom. The van der Waals surface area contributed by atoms with E-state index in [9.17, 15) is 9.18 Å². The lowest BCUT2D eigenvalue weighted by Crippen LogP contribution is -2.27. The van der Waals surface area contributed by atoms with Gasteiger partial charge in [-0.3, -0.25) is 4.79 Å². The van der Waals surface area contributed by atoms with E-state index in [-0.39, 0.29) is 33.6 Å². The number of halogens is 2. The van der Waals surface area contributed by atoms with Gasteiger partial charge in [-0.1, -0.05) is 35.0 Å². The Morgan fingerprint density at radius 2 is 2.00 bits per heavy atom. The summed E-state index contributed by atoms with van der Waals surface area (Å²) in [4.78, 5) is 16.9. The Morgan fingerprint density at radius 1 is 1.23 bits per heavy atom. The molecule has 0 saturated heterocycles. The van der Waals surface area contributed by atoms with E-state index in [2.05, 4.69) is 20.6 Å². The van der Waals surface area contributed by atoms with Crippen LogP contribution in [0.25, 0.3) is 16.9 Å². The van der Waals surface area contributed by atoms with Gasteiger partial charge in [-0.05, 0) is 43.7 Å². The van der Waals surface area contributed by atoms with Gasteiger partial charge in [-0.25, -0.2) is 14.1 Å². The second-order valence-electron chi connectivity index (χ2n) is 6.69. The Balaban J connectivity index is 1.58. The summed E-state index contributed by atoms with van der Waals surface area (Å²) >= 11 is 6.14. The third-order valence-corrected chi connectivity index (χ3v) is 5.03. The van der Waals surface area contributed by atoms with Crippen LogP contribution in [0.2, 0.25) is 5.02 Å². The molecule has 7 nitrogen and oxygen atoms in total. The average molecular weight is 426 g/mol. The molecule has 0 aliphatic carbocycles. The van der Waals surface area contributed by atoms with Crippen LogP contribution < -0.4 is 5.32 Å². The van der Waals surface area contributed by atoms with Crippen LogP contribution in [-0.2, 0) is 0 Å². The molecule has 2 heterocycles. The van der Waals surface area contributed by atoms with E-state index >= 15 is 0 Å². The first-order chi connectivity index (χ1) is 14.5. The summed E-state index contributed by atoms with van der Waals surface area (Å²) in [7, 11) is 0. The summed E-state index contributed by atoms with van der Waals surface area (Å²) in [6.07, 6.45) is 3.06. The lowest BCUT2D eigenvalue weighted by atomic mass is 10.0. The van der Waals surface area contributed by atoms with E-state index in [1.54, 1.807) is 17.9 Å². The van der Waals surface area contributed by atoms with Crippen LogP contribution >= 0.6 is 11.6 Å². The molecule has 152 valence electrons. The number of carbonyl (C=O) groups excluding carboxylic acids is 1. The molecule has 1 N–H and O–H groups in total. The summed E-state index contributed by atoms with van der Waals surface area (Å²) < 4.78 is 21.2. The van der Waals surface area contributed by atoms with Gasteiger partial charge in [-0.2, -0.15) is 5.10 Å². The van der Waals surface area contributed by atoms with Gasteiger partial charge in [0.25, 0.3) is 5.91 Å². The SMILES string of the molecule is Cc1onc(-c2c(F)cccc2Cl)c1C(=O)N[C@@H](C)c1ccc(-n2cncn2)cc1. The topological polar surface area (TPSA) is 85.8 Å². The van der Waals surface area contributed by atoms with Gasteiger partial charge >= 0.3 is 0 Å². The largest absolute Gasteiger partial charge is 0.360 e. The van der Waals surface area contributed by atoms with Gasteiger partial charge in [-0.15, -0.1) is 0 Å². The first-order valence-electron chi connectivity index (χ1n) is 9.12. The van der Waals surface area contributed by atoms with Crippen LogP contribution in [0.15, 0.2) is 59.6 Å². The van der Waals surface area contributed by atoms with Crippen LogP contribution in [0.5, 0.6) is 0 Å². The monoisotopic (exact) mass is 425 g/mol. The zero-order chi connectivity index (χ0) is 21.3. The normalized spacial score (nSPS) is 12.0. The highest BCUT2D eigenvalue weighted by atomic mass is 35.5. The molecule has 0 radical (unpaired) electrons. The Kier molecular flexibility index (Phi) is 5.33. The minimum Gasteiger partial charge on any atom is -0.360 e. The van der Waals surface area contributed by atoms with Crippen molar-refractivity contribution in [2.75, 3.05) is 0 Å². The number of amides is 1. The number of aromatic nitrogens is 4. The van der Waals surface area contributed by atoms with Crippen LogP contribution in [0.4, 0.5) is 4.39 Å². The molecular formula is C21H17ClFN5O2. The molecule has 9 heteroatoms. The third kappa shape index (κ3) is 3.69. The fraction of sp³-hybridized carbons (Fsp3) is 0.143. The number of benzene rings is 2. The molecule has 0 spiro atoms. The highest BCUT2D eigenvalue weighted by molar-refractivity contribution is 6.33. The second-order valence-corrected chi connectivity index (χ2v) is 7.09. The van der Waals surface area contributed by atoms with E-state index in [1.165, 1.54) is 24.5 Å². The van der Waals surface area contributed by atoms with Crippen molar-refractivity contribution in [3.05, 3.63) is 82.8 Å². The molecule has 0 aliphatic heterocycles. The molecule has 0 saturated carbocycles. The standard InChI is InChI=1S/C21H17ClFN5O2/c1-12(14-6-8-15(9-7-14)28-11-24-10-25-28)26-21(29)18-13(2)30-27-20(18)19-16(22)4-3-5-17(19)23/h3-12H,1-2H3,(H,26,29)/t12-/m0/s1. The Labute approximate surface area is 176 Å². The second kappa shape index (κ2) is 8.08. The van der Waals surface area contributed by atoms with Gasteiger partial charge in [0.05, 0.1) is 22.3 Å². The number of rotatable bonds is 5. The maximum Gasteiger partial charge on any atom is 0.257 e. The summed E-state index contributed by atoms with van der Waals surface area (Å²) in [5.41, 5.74) is 1.98. The molecule has 1 amide bonds. The quantitative estimate of drug-likeness (QED) is 0.508. The first-order valence-corrected chi connectivity index (χ1v) is 9.50. The van der Waals surface area contributed by atoms with Crippen LogP contribution in [0, 0.1) is 12.7 Å². The molecule has 0 fully saturated rings. The van der Waals surface area contributed by atoms with Gasteiger partial charge in [0.1, 0.15) is 35.5 Å². The fourth-order valence-corrected chi connectivity index (χ4v) is 3.40. The lowest BCUT2D eigenvalue weighted by molar-refractivity contribution is 0.0939. The Hall–Kier alpha value is -3.52. The molecule has 2 aromatic heterocycles. The number of hydrogen-bond acceptors (Lipinski definition) is 5. The molecule has 1 atom stereocenters. The van der Waals surface area contributed by atoms with Crippen molar-refractivity contribution in [3.8, 4) is 16.9 Å². The molecule has 0 bridgehead atoms. The smallest absolute Gasteiger partial charge is 0.257 e. The summed E-state index contributed by atoms with van der Waals surface area (Å²) in [5.74, 6) is -0.743. The van der Waals surface area contributed by atoms with Crippen LogP contribution in [0.1, 0.15) is 34.6 Å². The third-order valence-electron chi connectivity index (χ3n) is 4.71. The van der Waals surface area contributed by atoms with Crippen molar-refractivity contribution in [1.29, 1.82) is 0 Å². The van der Waals surface area contributed by atoms with Gasteiger partial charge in [0.2, 0.25) is 0 Å². The van der Waals surface area contributed by atoms with E-state index in [0.717, 1.165) is 11.3 Å². The van der Waals surface area contributed by atoms with Gasteiger partial charge in [0.15, 0.2) is 0 Å². The van der Waals surface area contributed by atoms with Crippen molar-refractivity contribution >= 4 is 17.5 Å². The highest BCUT2D eigenvalue weighted by Gasteiger charge is 2.26. The predicted octanol–water partition coefficient (Wildman–Crippen LogP) is 4.51. The van der Waals surface area contributed by atoms with E-state index < -0.39 is 11.7 Å². The maximum atomic E-state index is 14.4. The van der Waals surface area contributed by atoms with Crippen LogP contribution in [-0.4, -0.2) is 25.8 Å². The minimum atomic E-state index is -0.582. The van der Waals surface area contributed by atoms with Crippen molar-refractivity contribution in [2.45, 2.75) is 19.9 Å². The summed E-state index contributed by atoms with van der Waals surface area (Å²) in [6, 6.07) is 11.5. The summed E-state index contributed by atoms with van der Waals surface area (Å²) in [6.45, 7) is 3.44. The maximum absolute atomic E-state index is 14.4. The predicted molar refractivity (Wildman–Crippen MR) is 109 cm³/mol. The Bertz CT molecular complexity index is 1170. The minimum absolute atomic E-state index is 0.0333. The molecule has 0 unspecified atom stereocenters. The van der Waals surface area contributed by atoms with Crippen molar-refractivity contribution in [1.82, 2.24) is 25.2 Å². The summed E-state index contributed by atoms with van der Waals surface area (Å²) in [5, 5.41) is 11.0. The van der Waals surface area contributed by atoms with Crippen molar-refractivity contribution in [2.24, 2.45) is 0 Å². The number of nitrogens with one attached hydrogen (secondary N) is 1. The number of carbonyl (C=O) groups is 1. The van der Waals surface area contributed by atoms with E-state index in [1.807, 2.05) is 31.2 Å². The number of nitrogens with zero attached hydrogens (tertiary/aromatic N) is 4. The van der Waals surface area contributed by atoms with E-state index in [4.69, 9.17) is 16.1 Å².